The minimum atomic E-state index is -0.00656. The van der Waals surface area contributed by atoms with Gasteiger partial charge in [-0.2, -0.15) is 0 Å². The lowest BCUT2D eigenvalue weighted by molar-refractivity contribution is 0.211. The lowest BCUT2D eigenvalue weighted by Crippen LogP contribution is -2.38. The number of rotatable bonds is 3. The van der Waals surface area contributed by atoms with Crippen LogP contribution < -0.4 is 5.32 Å². The van der Waals surface area contributed by atoms with Crippen LogP contribution in [0.25, 0.3) is 10.8 Å². The van der Waals surface area contributed by atoms with E-state index in [1.54, 1.807) is 0 Å². The Morgan fingerprint density at radius 1 is 0.815 bits per heavy atom. The number of nitrogens with one attached hydrogen (secondary N) is 1. The van der Waals surface area contributed by atoms with Gasteiger partial charge in [0.05, 0.1) is 5.69 Å². The fourth-order valence-corrected chi connectivity index (χ4v) is 3.70. The number of fused-ring (bicyclic) bond motifs is 1. The van der Waals surface area contributed by atoms with Gasteiger partial charge in [-0.05, 0) is 23.4 Å². The van der Waals surface area contributed by atoms with E-state index in [2.05, 4.69) is 52.7 Å². The van der Waals surface area contributed by atoms with Gasteiger partial charge >= 0.3 is 6.03 Å². The van der Waals surface area contributed by atoms with Crippen molar-refractivity contribution in [3.8, 4) is 0 Å². The molecular formula is C23H25N3O. The second kappa shape index (κ2) is 8.23. The lowest BCUT2D eigenvalue weighted by Gasteiger charge is -2.22. The van der Waals surface area contributed by atoms with Gasteiger partial charge in [0.25, 0.3) is 0 Å². The van der Waals surface area contributed by atoms with E-state index in [0.717, 1.165) is 55.6 Å². The summed E-state index contributed by atoms with van der Waals surface area (Å²) in [6.45, 7) is 4.41. The van der Waals surface area contributed by atoms with Crippen molar-refractivity contribution in [3.05, 3.63) is 78.4 Å². The van der Waals surface area contributed by atoms with Crippen molar-refractivity contribution >= 4 is 22.5 Å². The number of anilines is 1. The molecule has 0 unspecified atom stereocenters. The first-order chi connectivity index (χ1) is 13.3. The molecule has 3 aromatic rings. The summed E-state index contributed by atoms with van der Waals surface area (Å²) in [6.07, 6.45) is 0.996. The largest absolute Gasteiger partial charge is 0.323 e. The molecule has 1 N–H and O–H groups in total. The van der Waals surface area contributed by atoms with Crippen LogP contribution in [-0.4, -0.2) is 42.0 Å². The zero-order valence-corrected chi connectivity index (χ0v) is 15.5. The van der Waals surface area contributed by atoms with E-state index >= 15 is 0 Å². The Morgan fingerprint density at radius 2 is 1.59 bits per heavy atom. The van der Waals surface area contributed by atoms with Crippen LogP contribution in [0.2, 0.25) is 0 Å². The standard InChI is InChI=1S/C23H25N3O/c27-23(24-22-13-6-11-20-10-4-5-12-21(20)22)26-15-7-14-25(16-17-26)18-19-8-2-1-3-9-19/h1-6,8-13H,7,14-18H2,(H,24,27). The fraction of sp³-hybridized carbons (Fsp3) is 0.261. The normalized spacial score (nSPS) is 15.5. The van der Waals surface area contributed by atoms with E-state index < -0.39 is 0 Å². The second-order valence-corrected chi connectivity index (χ2v) is 7.06. The van der Waals surface area contributed by atoms with Gasteiger partial charge in [-0.3, -0.25) is 4.90 Å². The van der Waals surface area contributed by atoms with Gasteiger partial charge in [-0.25, -0.2) is 4.79 Å². The smallest absolute Gasteiger partial charge is 0.321 e. The molecule has 0 bridgehead atoms. The number of nitrogens with zero attached hydrogens (tertiary/aromatic N) is 2. The van der Waals surface area contributed by atoms with E-state index in [-0.39, 0.29) is 6.03 Å². The highest BCUT2D eigenvalue weighted by Crippen LogP contribution is 2.23. The van der Waals surface area contributed by atoms with Gasteiger partial charge in [-0.1, -0.05) is 66.7 Å². The summed E-state index contributed by atoms with van der Waals surface area (Å²) in [5, 5.41) is 5.33. The fourth-order valence-electron chi connectivity index (χ4n) is 3.70. The van der Waals surface area contributed by atoms with Crippen LogP contribution in [0.5, 0.6) is 0 Å². The topological polar surface area (TPSA) is 35.6 Å². The quantitative estimate of drug-likeness (QED) is 0.743. The van der Waals surface area contributed by atoms with E-state index in [4.69, 9.17) is 0 Å². The van der Waals surface area contributed by atoms with Crippen LogP contribution in [0.15, 0.2) is 72.8 Å². The van der Waals surface area contributed by atoms with Crippen molar-refractivity contribution in [2.45, 2.75) is 13.0 Å². The number of carbonyl (C=O) groups excluding carboxylic acids is 1. The summed E-state index contributed by atoms with van der Waals surface area (Å²) < 4.78 is 0. The van der Waals surface area contributed by atoms with Crippen molar-refractivity contribution in [1.29, 1.82) is 0 Å². The number of urea groups is 1. The highest BCUT2D eigenvalue weighted by atomic mass is 16.2. The van der Waals surface area contributed by atoms with Crippen molar-refractivity contribution in [1.82, 2.24) is 9.80 Å². The van der Waals surface area contributed by atoms with E-state index in [1.165, 1.54) is 5.56 Å². The van der Waals surface area contributed by atoms with Crippen LogP contribution in [0, 0.1) is 0 Å². The van der Waals surface area contributed by atoms with Crippen LogP contribution in [-0.2, 0) is 6.54 Å². The minimum Gasteiger partial charge on any atom is -0.323 e. The van der Waals surface area contributed by atoms with Gasteiger partial charge in [0.2, 0.25) is 0 Å². The average Bonchev–Trinajstić information content (AvgIpc) is 2.95. The maximum atomic E-state index is 12.8. The average molecular weight is 359 g/mol. The number of hydrogen-bond donors (Lipinski definition) is 1. The number of benzene rings is 3. The molecule has 138 valence electrons. The monoisotopic (exact) mass is 359 g/mol. The third-order valence-electron chi connectivity index (χ3n) is 5.16. The molecule has 1 fully saturated rings. The Hall–Kier alpha value is -2.85. The Balaban J connectivity index is 1.39. The molecule has 0 spiro atoms. The first-order valence-corrected chi connectivity index (χ1v) is 9.59. The molecule has 0 aromatic heterocycles. The molecule has 0 atom stereocenters. The molecule has 0 saturated carbocycles. The highest BCUT2D eigenvalue weighted by molar-refractivity contribution is 6.01. The van der Waals surface area contributed by atoms with Gasteiger partial charge in [0.15, 0.2) is 0 Å². The molecule has 1 saturated heterocycles. The maximum Gasteiger partial charge on any atom is 0.321 e. The third-order valence-corrected chi connectivity index (χ3v) is 5.16. The minimum absolute atomic E-state index is 0.00656. The second-order valence-electron chi connectivity index (χ2n) is 7.06. The van der Waals surface area contributed by atoms with Crippen molar-refractivity contribution in [2.24, 2.45) is 0 Å². The number of amides is 2. The summed E-state index contributed by atoms with van der Waals surface area (Å²) >= 11 is 0. The molecule has 27 heavy (non-hydrogen) atoms. The van der Waals surface area contributed by atoms with Crippen molar-refractivity contribution < 1.29 is 4.79 Å². The number of hydrogen-bond acceptors (Lipinski definition) is 2. The Labute approximate surface area is 160 Å². The first-order valence-electron chi connectivity index (χ1n) is 9.59. The van der Waals surface area contributed by atoms with Crippen LogP contribution in [0.3, 0.4) is 0 Å². The molecule has 3 aromatic carbocycles. The van der Waals surface area contributed by atoms with Gasteiger partial charge in [0.1, 0.15) is 0 Å². The Kier molecular flexibility index (Phi) is 5.35. The van der Waals surface area contributed by atoms with Crippen LogP contribution in [0.4, 0.5) is 10.5 Å². The van der Waals surface area contributed by atoms with Gasteiger partial charge in [0, 0.05) is 38.1 Å². The van der Waals surface area contributed by atoms with E-state index in [0.29, 0.717) is 0 Å². The summed E-state index contributed by atoms with van der Waals surface area (Å²) in [7, 11) is 0. The predicted octanol–water partition coefficient (Wildman–Crippen LogP) is 4.58. The van der Waals surface area contributed by atoms with Crippen molar-refractivity contribution in [3.63, 3.8) is 0 Å². The molecule has 1 aliphatic rings. The molecule has 4 nitrogen and oxygen atoms in total. The summed E-state index contributed by atoms with van der Waals surface area (Å²) in [5.74, 6) is 0. The molecule has 2 amide bonds. The van der Waals surface area contributed by atoms with E-state index in [1.807, 2.05) is 35.2 Å². The van der Waals surface area contributed by atoms with Crippen molar-refractivity contribution in [2.75, 3.05) is 31.5 Å². The molecule has 0 aliphatic carbocycles. The summed E-state index contributed by atoms with van der Waals surface area (Å²) in [6, 6.07) is 24.7. The predicted molar refractivity (Wildman–Crippen MR) is 111 cm³/mol. The third kappa shape index (κ3) is 4.29. The zero-order valence-electron chi connectivity index (χ0n) is 15.5. The molecular weight excluding hydrogens is 334 g/mol. The summed E-state index contributed by atoms with van der Waals surface area (Å²) in [4.78, 5) is 17.2. The van der Waals surface area contributed by atoms with Gasteiger partial charge in [-0.15, -0.1) is 0 Å². The molecule has 4 heteroatoms. The Bertz CT molecular complexity index is 904. The zero-order chi connectivity index (χ0) is 18.5. The molecule has 1 heterocycles. The van der Waals surface area contributed by atoms with E-state index in [9.17, 15) is 4.79 Å². The maximum absolute atomic E-state index is 12.8. The lowest BCUT2D eigenvalue weighted by atomic mass is 10.1. The molecule has 4 rings (SSSR count). The SMILES string of the molecule is O=C(Nc1cccc2ccccc12)N1CCCN(Cc2ccccc2)CC1. The van der Waals surface area contributed by atoms with Crippen LogP contribution in [0.1, 0.15) is 12.0 Å². The number of carbonyl (C=O) groups is 1. The summed E-state index contributed by atoms with van der Waals surface area (Å²) in [5.41, 5.74) is 2.20. The Morgan fingerprint density at radius 3 is 2.48 bits per heavy atom. The molecule has 1 aliphatic heterocycles. The highest BCUT2D eigenvalue weighted by Gasteiger charge is 2.19. The van der Waals surface area contributed by atoms with Crippen LogP contribution >= 0.6 is 0 Å². The van der Waals surface area contributed by atoms with Gasteiger partial charge < -0.3 is 10.2 Å². The molecule has 0 radical (unpaired) electrons. The first kappa shape index (κ1) is 17.6.